The lowest BCUT2D eigenvalue weighted by Gasteiger charge is -2.34. The van der Waals surface area contributed by atoms with E-state index in [0.717, 1.165) is 26.1 Å². The zero-order valence-electron chi connectivity index (χ0n) is 13.0. The Labute approximate surface area is 131 Å². The Kier molecular flexibility index (Phi) is 4.55. The molecule has 2 fully saturated rings. The second-order valence-corrected chi connectivity index (χ2v) is 6.32. The first kappa shape index (κ1) is 15.2. The van der Waals surface area contributed by atoms with Crippen LogP contribution in [0, 0.1) is 5.92 Å². The van der Waals surface area contributed by atoms with Gasteiger partial charge in [-0.05, 0) is 44.4 Å². The number of carbonyl (C=O) groups is 2. The third-order valence-electron chi connectivity index (χ3n) is 4.66. The first-order valence-corrected chi connectivity index (χ1v) is 7.98. The van der Waals surface area contributed by atoms with Crippen molar-refractivity contribution in [2.75, 3.05) is 31.5 Å². The van der Waals surface area contributed by atoms with Crippen LogP contribution < -0.4 is 10.6 Å². The fraction of sp³-hybridized carbons (Fsp3) is 0.529. The molecule has 1 aromatic rings. The number of amides is 1. The van der Waals surface area contributed by atoms with Crippen LogP contribution in [0.4, 0.5) is 5.69 Å². The van der Waals surface area contributed by atoms with Gasteiger partial charge in [0.1, 0.15) is 0 Å². The summed E-state index contributed by atoms with van der Waals surface area (Å²) in [5.41, 5.74) is 1.31. The molecular weight excluding hydrogens is 278 g/mol. The SMILES string of the molecule is CC(=O)c1cccc(NC(=O)CN2CCC3NCCC3C2)c1. The van der Waals surface area contributed by atoms with Gasteiger partial charge < -0.3 is 10.6 Å². The molecule has 0 aromatic heterocycles. The quantitative estimate of drug-likeness (QED) is 0.828. The molecule has 3 rings (SSSR count). The zero-order chi connectivity index (χ0) is 15.5. The number of rotatable bonds is 4. The predicted molar refractivity (Wildman–Crippen MR) is 86.0 cm³/mol. The van der Waals surface area contributed by atoms with Crippen LogP contribution in [0.3, 0.4) is 0 Å². The molecule has 2 unspecified atom stereocenters. The van der Waals surface area contributed by atoms with Crippen molar-refractivity contribution in [3.63, 3.8) is 0 Å². The van der Waals surface area contributed by atoms with E-state index in [1.165, 1.54) is 13.3 Å². The maximum absolute atomic E-state index is 12.2. The molecule has 0 spiro atoms. The third kappa shape index (κ3) is 3.54. The summed E-state index contributed by atoms with van der Waals surface area (Å²) in [5.74, 6) is 0.680. The number of Topliss-reactive ketones (excluding diaryl/α,β-unsaturated/α-hetero) is 1. The van der Waals surface area contributed by atoms with E-state index in [9.17, 15) is 9.59 Å². The van der Waals surface area contributed by atoms with Gasteiger partial charge in [-0.1, -0.05) is 12.1 Å². The second-order valence-electron chi connectivity index (χ2n) is 6.32. The molecule has 5 nitrogen and oxygen atoms in total. The fourth-order valence-electron chi connectivity index (χ4n) is 3.49. The molecule has 0 radical (unpaired) electrons. The van der Waals surface area contributed by atoms with Gasteiger partial charge in [-0.2, -0.15) is 0 Å². The summed E-state index contributed by atoms with van der Waals surface area (Å²) in [7, 11) is 0. The standard InChI is InChI=1S/C17H23N3O2/c1-12(21)13-3-2-4-15(9-13)19-17(22)11-20-8-6-16-14(10-20)5-7-18-16/h2-4,9,14,16,18H,5-8,10-11H2,1H3,(H,19,22). The Morgan fingerprint density at radius 3 is 3.05 bits per heavy atom. The number of anilines is 1. The van der Waals surface area contributed by atoms with Gasteiger partial charge in [0.15, 0.2) is 5.78 Å². The average molecular weight is 301 g/mol. The highest BCUT2D eigenvalue weighted by Gasteiger charge is 2.32. The molecule has 22 heavy (non-hydrogen) atoms. The minimum Gasteiger partial charge on any atom is -0.325 e. The van der Waals surface area contributed by atoms with E-state index in [4.69, 9.17) is 0 Å². The number of piperidine rings is 1. The Balaban J connectivity index is 1.54. The average Bonchev–Trinajstić information content (AvgIpc) is 2.95. The smallest absolute Gasteiger partial charge is 0.238 e. The molecule has 2 aliphatic rings. The highest BCUT2D eigenvalue weighted by atomic mass is 16.2. The van der Waals surface area contributed by atoms with E-state index in [0.29, 0.717) is 29.8 Å². The van der Waals surface area contributed by atoms with Crippen LogP contribution in [0.25, 0.3) is 0 Å². The molecule has 2 atom stereocenters. The first-order valence-electron chi connectivity index (χ1n) is 7.98. The largest absolute Gasteiger partial charge is 0.325 e. The molecule has 118 valence electrons. The lowest BCUT2D eigenvalue weighted by atomic mass is 9.93. The number of nitrogens with one attached hydrogen (secondary N) is 2. The Hall–Kier alpha value is -1.72. The number of ketones is 1. The minimum absolute atomic E-state index is 0.00639. The predicted octanol–water partition coefficient (Wildman–Crippen LogP) is 1.51. The van der Waals surface area contributed by atoms with Crippen molar-refractivity contribution in [1.29, 1.82) is 0 Å². The van der Waals surface area contributed by atoms with Crippen molar-refractivity contribution in [1.82, 2.24) is 10.2 Å². The summed E-state index contributed by atoms with van der Waals surface area (Å²) in [6.45, 7) is 5.02. The number of hydrogen-bond acceptors (Lipinski definition) is 4. The number of nitrogens with zero attached hydrogens (tertiary/aromatic N) is 1. The van der Waals surface area contributed by atoms with Crippen LogP contribution >= 0.6 is 0 Å². The van der Waals surface area contributed by atoms with Crippen LogP contribution in [-0.4, -0.2) is 48.8 Å². The number of benzene rings is 1. The van der Waals surface area contributed by atoms with Crippen molar-refractivity contribution in [2.45, 2.75) is 25.8 Å². The normalized spacial score (nSPS) is 24.8. The maximum Gasteiger partial charge on any atom is 0.238 e. The van der Waals surface area contributed by atoms with E-state index in [1.54, 1.807) is 18.2 Å². The molecule has 2 N–H and O–H groups in total. The van der Waals surface area contributed by atoms with Crippen LogP contribution in [0.2, 0.25) is 0 Å². The van der Waals surface area contributed by atoms with Crippen molar-refractivity contribution >= 4 is 17.4 Å². The lowest BCUT2D eigenvalue weighted by Crippen LogP contribution is -2.46. The van der Waals surface area contributed by atoms with Crippen LogP contribution in [0.1, 0.15) is 30.1 Å². The third-order valence-corrected chi connectivity index (χ3v) is 4.66. The second kappa shape index (κ2) is 6.58. The Morgan fingerprint density at radius 2 is 2.23 bits per heavy atom. The van der Waals surface area contributed by atoms with E-state index in [2.05, 4.69) is 15.5 Å². The number of hydrogen-bond donors (Lipinski definition) is 2. The van der Waals surface area contributed by atoms with Crippen molar-refractivity contribution in [2.24, 2.45) is 5.92 Å². The van der Waals surface area contributed by atoms with E-state index >= 15 is 0 Å². The first-order chi connectivity index (χ1) is 10.6. The highest BCUT2D eigenvalue weighted by molar-refractivity contribution is 5.97. The van der Waals surface area contributed by atoms with Gasteiger partial charge in [-0.15, -0.1) is 0 Å². The van der Waals surface area contributed by atoms with Crippen LogP contribution in [-0.2, 0) is 4.79 Å². The van der Waals surface area contributed by atoms with Gasteiger partial charge in [0.2, 0.25) is 5.91 Å². The summed E-state index contributed by atoms with van der Waals surface area (Å²) in [5, 5.41) is 6.43. The van der Waals surface area contributed by atoms with Gasteiger partial charge in [0.25, 0.3) is 0 Å². The van der Waals surface area contributed by atoms with E-state index in [1.807, 2.05) is 6.07 Å². The summed E-state index contributed by atoms with van der Waals surface area (Å²) in [4.78, 5) is 25.8. The summed E-state index contributed by atoms with van der Waals surface area (Å²) >= 11 is 0. The van der Waals surface area contributed by atoms with Gasteiger partial charge in [0, 0.05) is 30.4 Å². The molecular formula is C17H23N3O2. The molecule has 0 bridgehead atoms. The van der Waals surface area contributed by atoms with Gasteiger partial charge in [-0.3, -0.25) is 14.5 Å². The molecule has 1 amide bonds. The molecule has 0 saturated carbocycles. The monoisotopic (exact) mass is 301 g/mol. The minimum atomic E-state index is -0.00916. The summed E-state index contributed by atoms with van der Waals surface area (Å²) < 4.78 is 0. The van der Waals surface area contributed by atoms with Crippen LogP contribution in [0.5, 0.6) is 0 Å². The van der Waals surface area contributed by atoms with Gasteiger partial charge >= 0.3 is 0 Å². The molecule has 2 aliphatic heterocycles. The van der Waals surface area contributed by atoms with Crippen molar-refractivity contribution in [3.05, 3.63) is 29.8 Å². The summed E-state index contributed by atoms with van der Waals surface area (Å²) in [6, 6.07) is 7.74. The summed E-state index contributed by atoms with van der Waals surface area (Å²) in [6.07, 6.45) is 2.33. The molecule has 2 heterocycles. The number of carbonyl (C=O) groups excluding carboxylic acids is 2. The van der Waals surface area contributed by atoms with Crippen molar-refractivity contribution < 1.29 is 9.59 Å². The van der Waals surface area contributed by atoms with Crippen LogP contribution in [0.15, 0.2) is 24.3 Å². The topological polar surface area (TPSA) is 61.4 Å². The van der Waals surface area contributed by atoms with Gasteiger partial charge in [-0.25, -0.2) is 0 Å². The maximum atomic E-state index is 12.2. The Morgan fingerprint density at radius 1 is 1.36 bits per heavy atom. The van der Waals surface area contributed by atoms with E-state index < -0.39 is 0 Å². The highest BCUT2D eigenvalue weighted by Crippen LogP contribution is 2.24. The Bertz CT molecular complexity index is 573. The number of fused-ring (bicyclic) bond motifs is 1. The van der Waals surface area contributed by atoms with Gasteiger partial charge in [0.05, 0.1) is 6.54 Å². The lowest BCUT2D eigenvalue weighted by molar-refractivity contribution is -0.117. The fourth-order valence-corrected chi connectivity index (χ4v) is 3.49. The zero-order valence-corrected chi connectivity index (χ0v) is 13.0. The molecule has 1 aromatic carbocycles. The molecule has 0 aliphatic carbocycles. The number of likely N-dealkylation sites (tertiary alicyclic amines) is 1. The molecule has 2 saturated heterocycles. The van der Waals surface area contributed by atoms with E-state index in [-0.39, 0.29) is 11.7 Å². The molecule has 5 heteroatoms. The van der Waals surface area contributed by atoms with Crippen molar-refractivity contribution in [3.8, 4) is 0 Å².